The molecule has 16 heavy (non-hydrogen) atoms. The van der Waals surface area contributed by atoms with Crippen LogP contribution in [-0.4, -0.2) is 12.1 Å². The Kier molecular flexibility index (Phi) is 3.09. The highest BCUT2D eigenvalue weighted by Crippen LogP contribution is 2.52. The summed E-state index contributed by atoms with van der Waals surface area (Å²) in [6, 6.07) is 0. The van der Waals surface area contributed by atoms with E-state index in [9.17, 15) is 4.79 Å². The van der Waals surface area contributed by atoms with Crippen molar-refractivity contribution in [2.75, 3.05) is 0 Å². The third-order valence-corrected chi connectivity index (χ3v) is 4.35. The predicted octanol–water partition coefficient (Wildman–Crippen LogP) is 3.61. The molecule has 0 saturated heterocycles. The molecule has 2 heteroatoms. The van der Waals surface area contributed by atoms with Crippen molar-refractivity contribution in [1.82, 2.24) is 0 Å². The SMILES string of the molecule is CC(=O)O[C@@H]1CCCCC12CC(C)=C(C)C2. The van der Waals surface area contributed by atoms with Crippen LogP contribution in [0.2, 0.25) is 0 Å². The quantitative estimate of drug-likeness (QED) is 0.500. The van der Waals surface area contributed by atoms with Crippen LogP contribution in [0.25, 0.3) is 0 Å². The summed E-state index contributed by atoms with van der Waals surface area (Å²) in [5.41, 5.74) is 3.27. The van der Waals surface area contributed by atoms with Gasteiger partial charge in [-0.05, 0) is 46.0 Å². The molecule has 1 saturated carbocycles. The van der Waals surface area contributed by atoms with Crippen molar-refractivity contribution < 1.29 is 9.53 Å². The zero-order valence-electron chi connectivity index (χ0n) is 10.6. The van der Waals surface area contributed by atoms with Gasteiger partial charge in [0.1, 0.15) is 6.10 Å². The van der Waals surface area contributed by atoms with Crippen molar-refractivity contribution in [1.29, 1.82) is 0 Å². The van der Waals surface area contributed by atoms with Gasteiger partial charge in [-0.2, -0.15) is 0 Å². The van der Waals surface area contributed by atoms with Gasteiger partial charge in [0, 0.05) is 12.3 Å². The molecule has 0 unspecified atom stereocenters. The van der Waals surface area contributed by atoms with E-state index in [0.717, 1.165) is 19.3 Å². The Labute approximate surface area is 98.1 Å². The fourth-order valence-corrected chi connectivity index (χ4v) is 3.48. The minimum atomic E-state index is -0.117. The summed E-state index contributed by atoms with van der Waals surface area (Å²) in [6.07, 6.45) is 7.20. The molecule has 0 aromatic heterocycles. The molecule has 0 aromatic carbocycles. The molecule has 2 rings (SSSR count). The fraction of sp³-hybridized carbons (Fsp3) is 0.786. The van der Waals surface area contributed by atoms with Crippen LogP contribution in [0.3, 0.4) is 0 Å². The van der Waals surface area contributed by atoms with Gasteiger partial charge in [-0.3, -0.25) is 4.79 Å². The maximum absolute atomic E-state index is 11.2. The van der Waals surface area contributed by atoms with Crippen molar-refractivity contribution in [2.24, 2.45) is 5.41 Å². The molecule has 2 aliphatic carbocycles. The summed E-state index contributed by atoms with van der Waals surface area (Å²) < 4.78 is 5.56. The minimum absolute atomic E-state index is 0.117. The van der Waals surface area contributed by atoms with E-state index in [-0.39, 0.29) is 17.5 Å². The lowest BCUT2D eigenvalue weighted by Crippen LogP contribution is -2.39. The van der Waals surface area contributed by atoms with Crippen molar-refractivity contribution in [2.45, 2.75) is 65.4 Å². The van der Waals surface area contributed by atoms with Gasteiger partial charge in [0.2, 0.25) is 0 Å². The van der Waals surface area contributed by atoms with Crippen LogP contribution in [0.4, 0.5) is 0 Å². The molecule has 0 radical (unpaired) electrons. The highest BCUT2D eigenvalue weighted by molar-refractivity contribution is 5.66. The van der Waals surface area contributed by atoms with E-state index in [4.69, 9.17) is 4.74 Å². The van der Waals surface area contributed by atoms with E-state index >= 15 is 0 Å². The van der Waals surface area contributed by atoms with E-state index in [1.165, 1.54) is 37.3 Å². The predicted molar refractivity (Wildman–Crippen MR) is 64.1 cm³/mol. The Hall–Kier alpha value is -0.790. The van der Waals surface area contributed by atoms with Crippen molar-refractivity contribution >= 4 is 5.97 Å². The fourth-order valence-electron chi connectivity index (χ4n) is 3.48. The Bertz CT molecular complexity index is 314. The molecule has 0 aromatic rings. The number of hydrogen-bond donors (Lipinski definition) is 0. The second kappa shape index (κ2) is 4.23. The van der Waals surface area contributed by atoms with Crippen LogP contribution in [-0.2, 0) is 9.53 Å². The zero-order valence-corrected chi connectivity index (χ0v) is 10.6. The van der Waals surface area contributed by atoms with Crippen LogP contribution in [0.15, 0.2) is 11.1 Å². The molecule has 90 valence electrons. The average molecular weight is 222 g/mol. The van der Waals surface area contributed by atoms with Gasteiger partial charge < -0.3 is 4.74 Å². The molecular formula is C14H22O2. The number of carbonyl (C=O) groups is 1. The van der Waals surface area contributed by atoms with Crippen LogP contribution in [0, 0.1) is 5.41 Å². The lowest BCUT2D eigenvalue weighted by atomic mass is 9.69. The number of rotatable bonds is 1. The summed E-state index contributed by atoms with van der Waals surface area (Å²) in [7, 11) is 0. The summed E-state index contributed by atoms with van der Waals surface area (Å²) in [5.74, 6) is -0.117. The van der Waals surface area contributed by atoms with Gasteiger partial charge in [-0.15, -0.1) is 0 Å². The third kappa shape index (κ3) is 2.02. The molecule has 0 aliphatic heterocycles. The molecule has 2 aliphatic rings. The van der Waals surface area contributed by atoms with Crippen molar-refractivity contribution in [3.8, 4) is 0 Å². The van der Waals surface area contributed by atoms with Gasteiger partial charge in [-0.1, -0.05) is 17.6 Å². The Morgan fingerprint density at radius 3 is 2.44 bits per heavy atom. The van der Waals surface area contributed by atoms with Crippen LogP contribution < -0.4 is 0 Å². The maximum atomic E-state index is 11.2. The maximum Gasteiger partial charge on any atom is 0.302 e. The first-order chi connectivity index (χ1) is 7.53. The highest BCUT2D eigenvalue weighted by Gasteiger charge is 2.45. The van der Waals surface area contributed by atoms with Gasteiger partial charge in [0.25, 0.3) is 0 Å². The first-order valence-electron chi connectivity index (χ1n) is 6.36. The third-order valence-electron chi connectivity index (χ3n) is 4.35. The summed E-state index contributed by atoms with van der Waals surface area (Å²) in [4.78, 5) is 11.2. The number of hydrogen-bond acceptors (Lipinski definition) is 2. The summed E-state index contributed by atoms with van der Waals surface area (Å²) in [5, 5.41) is 0. The lowest BCUT2D eigenvalue weighted by molar-refractivity contribution is -0.156. The van der Waals surface area contributed by atoms with Gasteiger partial charge >= 0.3 is 5.97 Å². The molecule has 0 bridgehead atoms. The second-order valence-electron chi connectivity index (χ2n) is 5.62. The topological polar surface area (TPSA) is 26.3 Å². The molecule has 1 fully saturated rings. The van der Waals surface area contributed by atoms with E-state index in [2.05, 4.69) is 13.8 Å². The smallest absolute Gasteiger partial charge is 0.302 e. The standard InChI is InChI=1S/C14H22O2/c1-10-8-14(9-11(10)2)7-5-4-6-13(14)16-12(3)15/h13H,4-9H2,1-3H3/t13-/m1/s1. The Balaban J connectivity index is 2.14. The average Bonchev–Trinajstić information content (AvgIpc) is 2.47. The first-order valence-corrected chi connectivity index (χ1v) is 6.36. The highest BCUT2D eigenvalue weighted by atomic mass is 16.5. The summed E-state index contributed by atoms with van der Waals surface area (Å²) in [6.45, 7) is 5.98. The van der Waals surface area contributed by atoms with Crippen LogP contribution >= 0.6 is 0 Å². The zero-order chi connectivity index (χ0) is 11.8. The monoisotopic (exact) mass is 222 g/mol. The normalized spacial score (nSPS) is 28.6. The van der Waals surface area contributed by atoms with Gasteiger partial charge in [-0.25, -0.2) is 0 Å². The van der Waals surface area contributed by atoms with Crippen molar-refractivity contribution in [3.05, 3.63) is 11.1 Å². The Morgan fingerprint density at radius 1 is 1.25 bits per heavy atom. The van der Waals surface area contributed by atoms with Gasteiger partial charge in [0.15, 0.2) is 0 Å². The Morgan fingerprint density at radius 2 is 1.88 bits per heavy atom. The number of carbonyl (C=O) groups excluding carboxylic acids is 1. The number of ether oxygens (including phenoxy) is 1. The van der Waals surface area contributed by atoms with E-state index in [1.807, 2.05) is 0 Å². The molecule has 2 nitrogen and oxygen atoms in total. The molecule has 1 spiro atoms. The molecule has 0 amide bonds. The van der Waals surface area contributed by atoms with E-state index in [1.54, 1.807) is 0 Å². The molecule has 0 N–H and O–H groups in total. The molecule has 0 heterocycles. The van der Waals surface area contributed by atoms with Crippen LogP contribution in [0.1, 0.15) is 59.3 Å². The summed E-state index contributed by atoms with van der Waals surface area (Å²) >= 11 is 0. The van der Waals surface area contributed by atoms with E-state index in [0.29, 0.717) is 0 Å². The molecule has 1 atom stereocenters. The van der Waals surface area contributed by atoms with Crippen LogP contribution in [0.5, 0.6) is 0 Å². The largest absolute Gasteiger partial charge is 0.462 e. The molecular weight excluding hydrogens is 200 g/mol. The van der Waals surface area contributed by atoms with Gasteiger partial charge in [0.05, 0.1) is 0 Å². The lowest BCUT2D eigenvalue weighted by Gasteiger charge is -2.41. The first kappa shape index (κ1) is 11.7. The second-order valence-corrected chi connectivity index (χ2v) is 5.62. The van der Waals surface area contributed by atoms with E-state index < -0.39 is 0 Å². The van der Waals surface area contributed by atoms with Crippen molar-refractivity contribution in [3.63, 3.8) is 0 Å². The number of allylic oxidation sites excluding steroid dienone is 2. The number of esters is 1. The minimum Gasteiger partial charge on any atom is -0.462 e.